The van der Waals surface area contributed by atoms with Crippen molar-refractivity contribution in [3.05, 3.63) is 23.8 Å². The van der Waals surface area contributed by atoms with E-state index in [1.54, 1.807) is 18.7 Å². The van der Waals surface area contributed by atoms with Crippen molar-refractivity contribution in [1.29, 1.82) is 0 Å². The summed E-state index contributed by atoms with van der Waals surface area (Å²) in [6.45, 7) is 4.06. The Morgan fingerprint density at radius 1 is 1.28 bits per heavy atom. The number of aromatic hydroxyl groups is 2. The minimum atomic E-state index is -0.641. The standard InChI is InChI=1S/C13H17NO4/c1-13(2)11(17)3-4-14(13)12(18)8-5-9(15)7-10(16)6-8/h5-7,11,15-17H,3-4H2,1-2H3. The van der Waals surface area contributed by atoms with Gasteiger partial charge in [0, 0.05) is 18.2 Å². The van der Waals surface area contributed by atoms with Crippen molar-refractivity contribution in [3.63, 3.8) is 0 Å². The molecule has 5 heteroatoms. The fraction of sp³-hybridized carbons (Fsp3) is 0.462. The van der Waals surface area contributed by atoms with Crippen molar-refractivity contribution >= 4 is 5.91 Å². The van der Waals surface area contributed by atoms with Gasteiger partial charge in [-0.05, 0) is 32.4 Å². The smallest absolute Gasteiger partial charge is 0.254 e. The normalized spacial score (nSPS) is 22.2. The van der Waals surface area contributed by atoms with E-state index in [2.05, 4.69) is 0 Å². The number of likely N-dealkylation sites (tertiary alicyclic amines) is 1. The van der Waals surface area contributed by atoms with Crippen LogP contribution in [-0.4, -0.2) is 44.3 Å². The summed E-state index contributed by atoms with van der Waals surface area (Å²) in [6.07, 6.45) is -0.0313. The van der Waals surface area contributed by atoms with Crippen molar-refractivity contribution in [2.45, 2.75) is 31.9 Å². The lowest BCUT2D eigenvalue weighted by molar-refractivity contribution is 0.0394. The van der Waals surface area contributed by atoms with Crippen molar-refractivity contribution in [2.24, 2.45) is 0 Å². The highest BCUT2D eigenvalue weighted by atomic mass is 16.3. The van der Waals surface area contributed by atoms with Gasteiger partial charge >= 0.3 is 0 Å². The molecule has 0 aromatic heterocycles. The number of hydrogen-bond acceptors (Lipinski definition) is 4. The summed E-state index contributed by atoms with van der Waals surface area (Å²) in [4.78, 5) is 13.9. The first kappa shape index (κ1) is 12.7. The molecule has 0 radical (unpaired) electrons. The molecule has 0 saturated carbocycles. The molecular weight excluding hydrogens is 234 g/mol. The molecule has 1 heterocycles. The fourth-order valence-corrected chi connectivity index (χ4v) is 2.31. The van der Waals surface area contributed by atoms with Crippen LogP contribution in [0.25, 0.3) is 0 Å². The minimum Gasteiger partial charge on any atom is -0.508 e. The zero-order chi connectivity index (χ0) is 13.5. The maximum atomic E-state index is 12.3. The summed E-state index contributed by atoms with van der Waals surface area (Å²) in [7, 11) is 0. The number of amides is 1. The number of rotatable bonds is 1. The Bertz CT molecular complexity index is 464. The highest BCUT2D eigenvalue weighted by Crippen LogP contribution is 2.31. The molecule has 0 bridgehead atoms. The minimum absolute atomic E-state index is 0.157. The molecule has 1 amide bonds. The average Bonchev–Trinajstić information content (AvgIpc) is 2.52. The molecule has 1 aromatic rings. The number of phenols is 2. The topological polar surface area (TPSA) is 81.0 Å². The van der Waals surface area contributed by atoms with E-state index < -0.39 is 11.6 Å². The van der Waals surface area contributed by atoms with Gasteiger partial charge in [0.25, 0.3) is 5.91 Å². The first-order valence-electron chi connectivity index (χ1n) is 5.85. The fourth-order valence-electron chi connectivity index (χ4n) is 2.31. The van der Waals surface area contributed by atoms with Crippen LogP contribution in [0.4, 0.5) is 0 Å². The van der Waals surface area contributed by atoms with Crippen molar-refractivity contribution < 1.29 is 20.1 Å². The number of nitrogens with zero attached hydrogens (tertiary/aromatic N) is 1. The van der Waals surface area contributed by atoms with E-state index in [-0.39, 0.29) is 23.0 Å². The molecule has 1 aliphatic rings. The molecule has 2 rings (SSSR count). The summed E-state index contributed by atoms with van der Waals surface area (Å²) < 4.78 is 0. The van der Waals surface area contributed by atoms with Gasteiger partial charge in [0.1, 0.15) is 11.5 Å². The molecule has 18 heavy (non-hydrogen) atoms. The van der Waals surface area contributed by atoms with E-state index in [1.165, 1.54) is 18.2 Å². The number of phenolic OH excluding ortho intramolecular Hbond substituents is 2. The van der Waals surface area contributed by atoms with Crippen molar-refractivity contribution in [2.75, 3.05) is 6.54 Å². The molecule has 3 N–H and O–H groups in total. The highest BCUT2D eigenvalue weighted by molar-refractivity contribution is 5.95. The lowest BCUT2D eigenvalue weighted by atomic mass is 9.98. The Kier molecular flexibility index (Phi) is 2.94. The highest BCUT2D eigenvalue weighted by Gasteiger charge is 2.43. The summed E-state index contributed by atoms with van der Waals surface area (Å²) in [5, 5.41) is 28.6. The molecule has 0 spiro atoms. The van der Waals surface area contributed by atoms with E-state index in [0.29, 0.717) is 13.0 Å². The van der Waals surface area contributed by atoms with Gasteiger partial charge in [-0.2, -0.15) is 0 Å². The number of benzene rings is 1. The quantitative estimate of drug-likeness (QED) is 0.697. The van der Waals surface area contributed by atoms with E-state index in [0.717, 1.165) is 0 Å². The van der Waals surface area contributed by atoms with Gasteiger partial charge in [0.2, 0.25) is 0 Å². The number of carbonyl (C=O) groups excluding carboxylic acids is 1. The second-order valence-electron chi connectivity index (χ2n) is 5.15. The molecular formula is C13H17NO4. The van der Waals surface area contributed by atoms with Gasteiger partial charge in [0.05, 0.1) is 11.6 Å². The van der Waals surface area contributed by atoms with Crippen LogP contribution in [0.1, 0.15) is 30.6 Å². The predicted molar refractivity (Wildman–Crippen MR) is 65.5 cm³/mol. The molecule has 1 aliphatic heterocycles. The van der Waals surface area contributed by atoms with E-state index in [4.69, 9.17) is 0 Å². The summed E-state index contributed by atoms with van der Waals surface area (Å²) in [5.74, 6) is -0.616. The first-order valence-corrected chi connectivity index (χ1v) is 5.85. The van der Waals surface area contributed by atoms with Crippen LogP contribution in [0.5, 0.6) is 11.5 Å². The Morgan fingerprint density at radius 2 is 1.83 bits per heavy atom. The largest absolute Gasteiger partial charge is 0.508 e. The van der Waals surface area contributed by atoms with Crippen LogP contribution in [-0.2, 0) is 0 Å². The molecule has 98 valence electrons. The van der Waals surface area contributed by atoms with Gasteiger partial charge in [-0.1, -0.05) is 0 Å². The summed E-state index contributed by atoms with van der Waals surface area (Å²) in [5.41, 5.74) is -0.423. The number of carbonyl (C=O) groups is 1. The van der Waals surface area contributed by atoms with Crippen LogP contribution < -0.4 is 0 Å². The van der Waals surface area contributed by atoms with Gasteiger partial charge in [-0.25, -0.2) is 0 Å². The molecule has 1 saturated heterocycles. The molecule has 5 nitrogen and oxygen atoms in total. The lowest BCUT2D eigenvalue weighted by Crippen LogP contribution is -2.48. The Morgan fingerprint density at radius 3 is 2.28 bits per heavy atom. The monoisotopic (exact) mass is 251 g/mol. The van der Waals surface area contributed by atoms with Gasteiger partial charge in [-0.15, -0.1) is 0 Å². The zero-order valence-corrected chi connectivity index (χ0v) is 10.4. The third kappa shape index (κ3) is 2.01. The van der Waals surface area contributed by atoms with Crippen molar-refractivity contribution in [1.82, 2.24) is 4.90 Å². The Hall–Kier alpha value is -1.75. The molecule has 0 aliphatic carbocycles. The molecule has 1 fully saturated rings. The van der Waals surface area contributed by atoms with Crippen LogP contribution in [0.3, 0.4) is 0 Å². The van der Waals surface area contributed by atoms with Gasteiger partial charge in [-0.3, -0.25) is 4.79 Å². The number of aliphatic hydroxyl groups is 1. The molecule has 1 unspecified atom stereocenters. The van der Waals surface area contributed by atoms with Crippen LogP contribution in [0.15, 0.2) is 18.2 Å². The summed E-state index contributed by atoms with van der Waals surface area (Å²) in [6, 6.07) is 3.78. The third-order valence-corrected chi connectivity index (χ3v) is 3.53. The maximum Gasteiger partial charge on any atom is 0.254 e. The van der Waals surface area contributed by atoms with Crippen LogP contribution >= 0.6 is 0 Å². The second-order valence-corrected chi connectivity index (χ2v) is 5.15. The number of hydrogen-bond donors (Lipinski definition) is 3. The van der Waals surface area contributed by atoms with Crippen molar-refractivity contribution in [3.8, 4) is 11.5 Å². The predicted octanol–water partition coefficient (Wildman–Crippen LogP) is 1.08. The van der Waals surface area contributed by atoms with Gasteiger partial charge in [0.15, 0.2) is 0 Å². The summed E-state index contributed by atoms with van der Waals surface area (Å²) >= 11 is 0. The first-order chi connectivity index (χ1) is 8.32. The SMILES string of the molecule is CC1(C)C(O)CCN1C(=O)c1cc(O)cc(O)c1. The third-order valence-electron chi connectivity index (χ3n) is 3.53. The second kappa shape index (κ2) is 4.17. The Balaban J connectivity index is 2.32. The molecule has 1 aromatic carbocycles. The molecule has 1 atom stereocenters. The zero-order valence-electron chi connectivity index (χ0n) is 10.4. The maximum absolute atomic E-state index is 12.3. The lowest BCUT2D eigenvalue weighted by Gasteiger charge is -2.33. The average molecular weight is 251 g/mol. The van der Waals surface area contributed by atoms with E-state index >= 15 is 0 Å². The van der Waals surface area contributed by atoms with E-state index in [9.17, 15) is 20.1 Å². The Labute approximate surface area is 105 Å². The van der Waals surface area contributed by atoms with E-state index in [1.807, 2.05) is 0 Å². The van der Waals surface area contributed by atoms with Crippen LogP contribution in [0.2, 0.25) is 0 Å². The van der Waals surface area contributed by atoms with Crippen LogP contribution in [0, 0.1) is 0 Å². The number of aliphatic hydroxyl groups excluding tert-OH is 1. The van der Waals surface area contributed by atoms with Gasteiger partial charge < -0.3 is 20.2 Å².